The van der Waals surface area contributed by atoms with Crippen LogP contribution in [0.2, 0.25) is 0 Å². The van der Waals surface area contributed by atoms with Crippen LogP contribution in [-0.4, -0.2) is 72.6 Å². The lowest BCUT2D eigenvalue weighted by Gasteiger charge is -2.35. The van der Waals surface area contributed by atoms with Crippen LogP contribution in [0.4, 0.5) is 5.95 Å². The second-order valence-corrected chi connectivity index (χ2v) is 9.71. The molecular formula is C29H35N5O3. The number of ether oxygens (including phenoxy) is 2. The molecule has 2 aliphatic heterocycles. The van der Waals surface area contributed by atoms with Gasteiger partial charge >= 0.3 is 0 Å². The van der Waals surface area contributed by atoms with E-state index < -0.39 is 0 Å². The largest absolute Gasteiger partial charge is 0.497 e. The summed E-state index contributed by atoms with van der Waals surface area (Å²) >= 11 is 0. The van der Waals surface area contributed by atoms with E-state index in [1.54, 1.807) is 7.11 Å². The molecule has 0 aliphatic carbocycles. The minimum Gasteiger partial charge on any atom is -0.497 e. The van der Waals surface area contributed by atoms with Gasteiger partial charge in [-0.25, -0.2) is 4.98 Å². The maximum absolute atomic E-state index is 13.7. The number of nitrogens with zero attached hydrogens (tertiary/aromatic N) is 5. The molecule has 1 atom stereocenters. The maximum Gasteiger partial charge on any atom is 0.230 e. The summed E-state index contributed by atoms with van der Waals surface area (Å²) in [6.07, 6.45) is 1.42. The highest BCUT2D eigenvalue weighted by Gasteiger charge is 2.31. The lowest BCUT2D eigenvalue weighted by molar-refractivity contribution is -0.133. The number of carbonyl (C=O) groups excluding carboxylic acids is 1. The number of aromatic nitrogens is 2. The van der Waals surface area contributed by atoms with Crippen molar-refractivity contribution in [2.24, 2.45) is 0 Å². The Morgan fingerprint density at radius 2 is 1.73 bits per heavy atom. The van der Waals surface area contributed by atoms with E-state index in [2.05, 4.69) is 23.8 Å². The molecule has 0 saturated carbocycles. The monoisotopic (exact) mass is 501 g/mol. The van der Waals surface area contributed by atoms with Crippen molar-refractivity contribution in [3.05, 3.63) is 71.4 Å². The van der Waals surface area contributed by atoms with Gasteiger partial charge in [-0.15, -0.1) is 0 Å². The van der Waals surface area contributed by atoms with Crippen LogP contribution in [-0.2, 0) is 17.8 Å². The van der Waals surface area contributed by atoms with Crippen molar-refractivity contribution in [3.8, 4) is 17.4 Å². The van der Waals surface area contributed by atoms with Crippen LogP contribution in [0.25, 0.3) is 0 Å². The molecule has 1 saturated heterocycles. The number of fused-ring (bicyclic) bond motifs is 1. The summed E-state index contributed by atoms with van der Waals surface area (Å²) in [6.45, 7) is 6.80. The molecule has 1 aromatic heterocycles. The van der Waals surface area contributed by atoms with E-state index >= 15 is 0 Å². The Bertz CT molecular complexity index is 1230. The molecule has 3 heterocycles. The van der Waals surface area contributed by atoms with Gasteiger partial charge < -0.3 is 24.2 Å². The molecule has 0 spiro atoms. The fourth-order valence-electron chi connectivity index (χ4n) is 5.03. The SMILES string of the molecule is CCC(C(=O)N1CCc2nc(N3CCN(C)CC3)nc(Oc3cccc(OC)c3)c2C1)c1ccccc1. The molecule has 1 amide bonds. The molecular weight excluding hydrogens is 466 g/mol. The molecule has 0 bridgehead atoms. The van der Waals surface area contributed by atoms with E-state index in [1.165, 1.54) is 0 Å². The molecule has 8 nitrogen and oxygen atoms in total. The molecule has 2 aromatic carbocycles. The van der Waals surface area contributed by atoms with Gasteiger partial charge in [-0.1, -0.05) is 43.3 Å². The number of anilines is 1. The van der Waals surface area contributed by atoms with E-state index in [0.717, 1.165) is 49.4 Å². The standard InChI is InChI=1S/C29H35N5O3/c1-4-24(21-9-6-5-7-10-21)28(35)34-14-13-26-25(20-34)27(37-23-12-8-11-22(19-23)36-3)31-29(30-26)33-17-15-32(2)16-18-33/h5-12,19,24H,4,13-18,20H2,1-3H3. The number of piperazine rings is 1. The molecule has 8 heteroatoms. The summed E-state index contributed by atoms with van der Waals surface area (Å²) in [4.78, 5) is 30.0. The van der Waals surface area contributed by atoms with Gasteiger partial charge in [0.25, 0.3) is 0 Å². The molecule has 194 valence electrons. The summed E-state index contributed by atoms with van der Waals surface area (Å²) in [5.41, 5.74) is 2.89. The Morgan fingerprint density at radius 1 is 0.973 bits per heavy atom. The molecule has 1 fully saturated rings. The first kappa shape index (κ1) is 25.0. The Hall–Kier alpha value is -3.65. The first-order valence-electron chi connectivity index (χ1n) is 13.0. The van der Waals surface area contributed by atoms with Gasteiger partial charge in [-0.3, -0.25) is 4.79 Å². The van der Waals surface area contributed by atoms with Crippen molar-refractivity contribution < 1.29 is 14.3 Å². The fraction of sp³-hybridized carbons (Fsp3) is 0.414. The topological polar surface area (TPSA) is 71.0 Å². The fourth-order valence-corrected chi connectivity index (χ4v) is 5.03. The molecule has 1 unspecified atom stereocenters. The third-order valence-corrected chi connectivity index (χ3v) is 7.27. The average Bonchev–Trinajstić information content (AvgIpc) is 2.94. The Labute approximate surface area is 218 Å². The van der Waals surface area contributed by atoms with Gasteiger partial charge in [0.15, 0.2) is 0 Å². The van der Waals surface area contributed by atoms with Gasteiger partial charge in [0.2, 0.25) is 17.7 Å². The van der Waals surface area contributed by atoms with E-state index in [-0.39, 0.29) is 11.8 Å². The second kappa shape index (κ2) is 11.2. The lowest BCUT2D eigenvalue weighted by atomic mass is 9.94. The number of likely N-dealkylation sites (N-methyl/N-ethyl adjacent to an activating group) is 1. The number of carbonyl (C=O) groups is 1. The lowest BCUT2D eigenvalue weighted by Crippen LogP contribution is -2.45. The van der Waals surface area contributed by atoms with Crippen molar-refractivity contribution >= 4 is 11.9 Å². The Kier molecular flexibility index (Phi) is 7.55. The van der Waals surface area contributed by atoms with Crippen molar-refractivity contribution in [2.45, 2.75) is 32.2 Å². The predicted octanol–water partition coefficient (Wildman–Crippen LogP) is 4.11. The summed E-state index contributed by atoms with van der Waals surface area (Å²) in [6, 6.07) is 17.5. The average molecular weight is 502 g/mol. The molecule has 37 heavy (non-hydrogen) atoms. The summed E-state index contributed by atoms with van der Waals surface area (Å²) in [5, 5.41) is 0. The molecule has 3 aromatic rings. The van der Waals surface area contributed by atoms with E-state index in [4.69, 9.17) is 19.4 Å². The van der Waals surface area contributed by atoms with Gasteiger partial charge in [-0.05, 0) is 31.2 Å². The molecule has 0 N–H and O–H groups in total. The van der Waals surface area contributed by atoms with Gasteiger partial charge in [0.1, 0.15) is 11.5 Å². The highest BCUT2D eigenvalue weighted by atomic mass is 16.5. The van der Waals surface area contributed by atoms with Crippen molar-refractivity contribution in [1.29, 1.82) is 0 Å². The second-order valence-electron chi connectivity index (χ2n) is 9.71. The number of hydrogen-bond donors (Lipinski definition) is 0. The van der Waals surface area contributed by atoms with Gasteiger partial charge in [0.05, 0.1) is 30.8 Å². The molecule has 2 aliphatic rings. The molecule has 0 radical (unpaired) electrons. The number of hydrogen-bond acceptors (Lipinski definition) is 7. The Morgan fingerprint density at radius 3 is 2.46 bits per heavy atom. The highest BCUT2D eigenvalue weighted by Crippen LogP contribution is 2.34. The van der Waals surface area contributed by atoms with Crippen LogP contribution >= 0.6 is 0 Å². The quantitative estimate of drug-likeness (QED) is 0.483. The van der Waals surface area contributed by atoms with Crippen molar-refractivity contribution in [1.82, 2.24) is 19.8 Å². The van der Waals surface area contributed by atoms with Gasteiger partial charge in [0, 0.05) is 45.2 Å². The highest BCUT2D eigenvalue weighted by molar-refractivity contribution is 5.84. The van der Waals surface area contributed by atoms with Crippen LogP contribution in [0.1, 0.15) is 36.1 Å². The number of rotatable bonds is 7. The summed E-state index contributed by atoms with van der Waals surface area (Å²) in [5.74, 6) is 2.53. The zero-order valence-electron chi connectivity index (χ0n) is 21.9. The normalized spacial score (nSPS) is 16.7. The van der Waals surface area contributed by atoms with Crippen LogP contribution in [0.5, 0.6) is 17.4 Å². The zero-order valence-corrected chi connectivity index (χ0v) is 21.9. The van der Waals surface area contributed by atoms with E-state index in [1.807, 2.05) is 59.5 Å². The van der Waals surface area contributed by atoms with Crippen molar-refractivity contribution in [2.75, 3.05) is 51.8 Å². The first-order chi connectivity index (χ1) is 18.1. The zero-order chi connectivity index (χ0) is 25.8. The minimum atomic E-state index is -0.170. The van der Waals surface area contributed by atoms with Crippen LogP contribution in [0.3, 0.4) is 0 Å². The van der Waals surface area contributed by atoms with Crippen molar-refractivity contribution in [3.63, 3.8) is 0 Å². The first-order valence-corrected chi connectivity index (χ1v) is 13.0. The van der Waals surface area contributed by atoms with Crippen LogP contribution < -0.4 is 14.4 Å². The van der Waals surface area contributed by atoms with E-state index in [9.17, 15) is 4.79 Å². The summed E-state index contributed by atoms with van der Waals surface area (Å²) in [7, 11) is 3.77. The van der Waals surface area contributed by atoms with E-state index in [0.29, 0.717) is 42.8 Å². The minimum absolute atomic E-state index is 0.134. The predicted molar refractivity (Wildman–Crippen MR) is 143 cm³/mol. The maximum atomic E-state index is 13.7. The number of benzene rings is 2. The van der Waals surface area contributed by atoms with Crippen LogP contribution in [0, 0.1) is 0 Å². The third kappa shape index (κ3) is 5.54. The third-order valence-electron chi connectivity index (χ3n) is 7.27. The number of amides is 1. The smallest absolute Gasteiger partial charge is 0.230 e. The molecule has 5 rings (SSSR count). The number of methoxy groups -OCH3 is 1. The van der Waals surface area contributed by atoms with Crippen LogP contribution in [0.15, 0.2) is 54.6 Å². The Balaban J connectivity index is 1.46. The van der Waals surface area contributed by atoms with Gasteiger partial charge in [-0.2, -0.15) is 4.98 Å². The summed E-state index contributed by atoms with van der Waals surface area (Å²) < 4.78 is 11.8.